The van der Waals surface area contributed by atoms with Crippen LogP contribution in [0.2, 0.25) is 0 Å². The minimum absolute atomic E-state index is 0.207. The van der Waals surface area contributed by atoms with Gasteiger partial charge >= 0.3 is 0 Å². The summed E-state index contributed by atoms with van der Waals surface area (Å²) in [5.74, 6) is 0. The second-order valence-corrected chi connectivity index (χ2v) is 9.72. The lowest BCUT2D eigenvalue weighted by Gasteiger charge is -2.26. The molecule has 1 atom stereocenters. The molecule has 1 saturated heterocycles. The fraction of sp³-hybridized carbons (Fsp3) is 0.571. The van der Waals surface area contributed by atoms with E-state index in [-0.39, 0.29) is 10.9 Å². The van der Waals surface area contributed by atoms with Crippen molar-refractivity contribution in [1.29, 1.82) is 0 Å². The molecule has 0 bridgehead atoms. The third kappa shape index (κ3) is 2.98. The highest BCUT2D eigenvalue weighted by Crippen LogP contribution is 2.36. The average molecular weight is 360 g/mol. The van der Waals surface area contributed by atoms with E-state index < -0.39 is 20.0 Å². The van der Waals surface area contributed by atoms with Crippen LogP contribution in [0.1, 0.15) is 12.5 Å². The Hall–Kier alpha value is -1.16. The zero-order valence-corrected chi connectivity index (χ0v) is 14.7. The normalized spacial score (nSPS) is 23.0. The summed E-state index contributed by atoms with van der Waals surface area (Å²) in [4.78, 5) is 0.209. The van der Waals surface area contributed by atoms with Crippen molar-refractivity contribution in [2.75, 3.05) is 36.9 Å². The molecule has 0 aliphatic carbocycles. The van der Waals surface area contributed by atoms with Gasteiger partial charge in [-0.3, -0.25) is 4.31 Å². The lowest BCUT2D eigenvalue weighted by atomic mass is 10.1. The van der Waals surface area contributed by atoms with E-state index in [0.29, 0.717) is 38.4 Å². The third-order valence-corrected chi connectivity index (χ3v) is 7.33. The van der Waals surface area contributed by atoms with E-state index in [9.17, 15) is 16.8 Å². The molecule has 2 aliphatic rings. The smallest absolute Gasteiger partial charge is 0.243 e. The number of hydrogen-bond acceptors (Lipinski definition) is 5. The first-order valence-corrected chi connectivity index (χ1v) is 10.7. The first kappa shape index (κ1) is 16.7. The van der Waals surface area contributed by atoms with E-state index in [0.717, 1.165) is 11.8 Å². The molecule has 1 aromatic rings. The van der Waals surface area contributed by atoms with Gasteiger partial charge in [0.2, 0.25) is 20.0 Å². The molecule has 2 aliphatic heterocycles. The van der Waals surface area contributed by atoms with Gasteiger partial charge in [0.05, 0.1) is 30.1 Å². The number of nitrogens with zero attached hydrogens (tertiary/aromatic N) is 2. The Labute approximate surface area is 136 Å². The average Bonchev–Trinajstić information content (AvgIpc) is 2.82. The van der Waals surface area contributed by atoms with Crippen LogP contribution in [0.4, 0.5) is 5.69 Å². The highest BCUT2D eigenvalue weighted by molar-refractivity contribution is 7.92. The van der Waals surface area contributed by atoms with E-state index in [2.05, 4.69) is 0 Å². The van der Waals surface area contributed by atoms with Gasteiger partial charge in [0.25, 0.3) is 0 Å². The predicted molar refractivity (Wildman–Crippen MR) is 86.5 cm³/mol. The van der Waals surface area contributed by atoms with Gasteiger partial charge in [-0.2, -0.15) is 4.31 Å². The lowest BCUT2D eigenvalue weighted by molar-refractivity contribution is 0.0730. The van der Waals surface area contributed by atoms with Crippen LogP contribution in [0.3, 0.4) is 0 Å². The quantitative estimate of drug-likeness (QED) is 0.780. The molecule has 23 heavy (non-hydrogen) atoms. The van der Waals surface area contributed by atoms with Gasteiger partial charge in [-0.05, 0) is 37.1 Å². The highest BCUT2D eigenvalue weighted by atomic mass is 32.2. The standard InChI is InChI=1S/C14H20N2O5S2/c1-11-9-12-10-13(3-4-14(12)16(11)22(2,17)18)23(19,20)15-5-7-21-8-6-15/h3-4,10-11H,5-9H2,1-2H3/t11-/m0/s1. The van der Waals surface area contributed by atoms with Crippen LogP contribution < -0.4 is 4.31 Å². The van der Waals surface area contributed by atoms with Gasteiger partial charge < -0.3 is 4.74 Å². The Balaban J connectivity index is 1.98. The first-order valence-electron chi connectivity index (χ1n) is 7.41. The fourth-order valence-corrected chi connectivity index (χ4v) is 5.90. The zero-order valence-electron chi connectivity index (χ0n) is 13.1. The Morgan fingerprint density at radius 2 is 1.78 bits per heavy atom. The molecule has 128 valence electrons. The highest BCUT2D eigenvalue weighted by Gasteiger charge is 2.34. The summed E-state index contributed by atoms with van der Waals surface area (Å²) in [6.07, 6.45) is 1.67. The maximum Gasteiger partial charge on any atom is 0.243 e. The molecule has 0 N–H and O–H groups in total. The van der Waals surface area contributed by atoms with Gasteiger partial charge in [-0.25, -0.2) is 16.8 Å². The predicted octanol–water partition coefficient (Wildman–Crippen LogP) is 0.418. The number of fused-ring (bicyclic) bond motifs is 1. The molecule has 7 nitrogen and oxygen atoms in total. The number of ether oxygens (including phenoxy) is 1. The Morgan fingerprint density at radius 1 is 1.13 bits per heavy atom. The summed E-state index contributed by atoms with van der Waals surface area (Å²) in [5.41, 5.74) is 1.32. The second kappa shape index (κ2) is 5.73. The van der Waals surface area contributed by atoms with E-state index in [4.69, 9.17) is 4.74 Å². The molecule has 0 radical (unpaired) electrons. The van der Waals surface area contributed by atoms with Gasteiger partial charge in [0.15, 0.2) is 0 Å². The van der Waals surface area contributed by atoms with E-state index in [1.807, 2.05) is 6.92 Å². The first-order chi connectivity index (χ1) is 10.7. The Bertz CT molecular complexity index is 814. The number of benzene rings is 1. The molecule has 1 fully saturated rings. The SMILES string of the molecule is C[C@H]1Cc2cc(S(=O)(=O)N3CCOCC3)ccc2N1S(C)(=O)=O. The molecule has 9 heteroatoms. The van der Waals surface area contributed by atoms with Gasteiger partial charge in [-0.15, -0.1) is 0 Å². The largest absolute Gasteiger partial charge is 0.379 e. The third-order valence-electron chi connectivity index (χ3n) is 4.17. The van der Waals surface area contributed by atoms with Crippen LogP contribution in [-0.4, -0.2) is 59.7 Å². The number of sulfonamides is 2. The molecule has 0 amide bonds. The topological polar surface area (TPSA) is 84.0 Å². The Morgan fingerprint density at radius 3 is 2.39 bits per heavy atom. The maximum atomic E-state index is 12.7. The minimum atomic E-state index is -3.57. The van der Waals surface area contributed by atoms with Crippen molar-refractivity contribution in [3.05, 3.63) is 23.8 Å². The van der Waals surface area contributed by atoms with Crippen molar-refractivity contribution in [2.24, 2.45) is 0 Å². The molecular weight excluding hydrogens is 340 g/mol. The summed E-state index contributed by atoms with van der Waals surface area (Å²) in [7, 11) is -6.95. The Kier molecular flexibility index (Phi) is 4.16. The second-order valence-electron chi connectivity index (χ2n) is 5.92. The maximum absolute atomic E-state index is 12.7. The van der Waals surface area contributed by atoms with E-state index in [1.54, 1.807) is 12.1 Å². The number of anilines is 1. The van der Waals surface area contributed by atoms with Crippen molar-refractivity contribution < 1.29 is 21.6 Å². The van der Waals surface area contributed by atoms with Gasteiger partial charge in [0.1, 0.15) is 0 Å². The van der Waals surface area contributed by atoms with Crippen molar-refractivity contribution in [3.8, 4) is 0 Å². The monoisotopic (exact) mass is 360 g/mol. The van der Waals surface area contributed by atoms with E-state index >= 15 is 0 Å². The van der Waals surface area contributed by atoms with Crippen molar-refractivity contribution in [3.63, 3.8) is 0 Å². The molecule has 1 aromatic carbocycles. The number of hydrogen-bond donors (Lipinski definition) is 0. The molecule has 0 saturated carbocycles. The molecule has 0 unspecified atom stereocenters. The lowest BCUT2D eigenvalue weighted by Crippen LogP contribution is -2.40. The summed E-state index contributed by atoms with van der Waals surface area (Å²) < 4.78 is 57.2. The van der Waals surface area contributed by atoms with Crippen molar-refractivity contribution in [1.82, 2.24) is 4.31 Å². The molecule has 0 aromatic heterocycles. The van der Waals surface area contributed by atoms with Crippen LogP contribution in [-0.2, 0) is 31.2 Å². The summed E-state index contributed by atoms with van der Waals surface area (Å²) in [6, 6.07) is 4.47. The van der Waals surface area contributed by atoms with E-state index in [1.165, 1.54) is 14.7 Å². The molecule has 2 heterocycles. The summed E-state index contributed by atoms with van der Waals surface area (Å²) in [5, 5.41) is 0. The van der Waals surface area contributed by atoms with Crippen LogP contribution in [0.15, 0.2) is 23.1 Å². The summed E-state index contributed by atoms with van der Waals surface area (Å²) in [6.45, 7) is 3.28. The van der Waals surface area contributed by atoms with Crippen LogP contribution in [0.5, 0.6) is 0 Å². The van der Waals surface area contributed by atoms with Crippen LogP contribution in [0.25, 0.3) is 0 Å². The van der Waals surface area contributed by atoms with Crippen molar-refractivity contribution in [2.45, 2.75) is 24.3 Å². The summed E-state index contributed by atoms with van der Waals surface area (Å²) >= 11 is 0. The number of morpholine rings is 1. The van der Waals surface area contributed by atoms with Gasteiger partial charge in [0, 0.05) is 19.1 Å². The van der Waals surface area contributed by atoms with Crippen LogP contribution >= 0.6 is 0 Å². The van der Waals surface area contributed by atoms with Gasteiger partial charge in [-0.1, -0.05) is 0 Å². The molecule has 3 rings (SSSR count). The van der Waals surface area contributed by atoms with Crippen molar-refractivity contribution >= 4 is 25.7 Å². The fourth-order valence-electron chi connectivity index (χ4n) is 3.18. The van der Waals surface area contributed by atoms with Crippen LogP contribution in [0, 0.1) is 0 Å². The molecule has 0 spiro atoms. The number of rotatable bonds is 3. The zero-order chi connectivity index (χ0) is 16.8. The molecular formula is C14H20N2O5S2. The minimum Gasteiger partial charge on any atom is -0.379 e.